The molecule has 2 amide bonds. The lowest BCUT2D eigenvalue weighted by Crippen LogP contribution is -2.28. The number of nitrogens with zero attached hydrogens (tertiary/aromatic N) is 3. The molecule has 3 aromatic rings. The van der Waals surface area contributed by atoms with E-state index in [1.165, 1.54) is 31.6 Å². The first-order chi connectivity index (χ1) is 14.0. The van der Waals surface area contributed by atoms with Gasteiger partial charge < -0.3 is 14.6 Å². The van der Waals surface area contributed by atoms with E-state index < -0.39 is 22.4 Å². The molecular formula is C17H16FN5O4S2. The van der Waals surface area contributed by atoms with E-state index in [2.05, 4.69) is 25.6 Å². The largest absolute Gasteiger partial charge is 0.467 e. The average Bonchev–Trinajstić information content (AvgIpc) is 3.14. The molecule has 2 heterocycles. The van der Waals surface area contributed by atoms with Crippen LogP contribution in [-0.4, -0.2) is 36.9 Å². The molecule has 2 unspecified atom stereocenters. The van der Waals surface area contributed by atoms with E-state index in [4.69, 9.17) is 4.74 Å². The second-order valence-electron chi connectivity index (χ2n) is 5.67. The third-order valence-electron chi connectivity index (χ3n) is 3.69. The summed E-state index contributed by atoms with van der Waals surface area (Å²) in [5.41, 5.74) is 1.26. The van der Waals surface area contributed by atoms with Crippen molar-refractivity contribution in [3.8, 4) is 6.01 Å². The Balaban J connectivity index is 1.66. The van der Waals surface area contributed by atoms with E-state index >= 15 is 0 Å². The Labute approximate surface area is 171 Å². The number of aromatic nitrogens is 3. The van der Waals surface area contributed by atoms with E-state index in [0.717, 1.165) is 11.3 Å². The van der Waals surface area contributed by atoms with Gasteiger partial charge in [-0.2, -0.15) is 0 Å². The van der Waals surface area contributed by atoms with E-state index in [1.54, 1.807) is 17.5 Å². The molecule has 0 radical (unpaired) electrons. The third-order valence-corrected chi connectivity index (χ3v) is 5.38. The summed E-state index contributed by atoms with van der Waals surface area (Å²) in [4.78, 5) is 24.1. The van der Waals surface area contributed by atoms with Crippen molar-refractivity contribution in [1.82, 2.24) is 20.3 Å². The maximum absolute atomic E-state index is 13.2. The van der Waals surface area contributed by atoms with Crippen molar-refractivity contribution in [2.24, 2.45) is 0 Å². The van der Waals surface area contributed by atoms with Gasteiger partial charge in [0.05, 0.1) is 12.8 Å². The van der Waals surface area contributed by atoms with Crippen LogP contribution in [0.5, 0.6) is 6.01 Å². The van der Waals surface area contributed by atoms with Gasteiger partial charge in [0, 0.05) is 29.9 Å². The highest BCUT2D eigenvalue weighted by molar-refractivity contribution is 7.79. The Bertz CT molecular complexity index is 1020. The minimum absolute atomic E-state index is 0.131. The van der Waals surface area contributed by atoms with Crippen LogP contribution in [0.3, 0.4) is 0 Å². The third kappa shape index (κ3) is 5.53. The molecule has 0 aliphatic rings. The zero-order valence-corrected chi connectivity index (χ0v) is 16.7. The zero-order valence-electron chi connectivity index (χ0n) is 15.0. The van der Waals surface area contributed by atoms with Crippen LogP contribution in [0.2, 0.25) is 0 Å². The molecule has 9 nitrogen and oxygen atoms in total. The number of urea groups is 1. The first-order valence-corrected chi connectivity index (χ1v) is 10.2. The summed E-state index contributed by atoms with van der Waals surface area (Å²) in [5.74, 6) is -0.389. The number of hydrogen-bond donors (Lipinski definition) is 3. The van der Waals surface area contributed by atoms with Gasteiger partial charge in [-0.05, 0) is 17.7 Å². The van der Waals surface area contributed by atoms with Gasteiger partial charge in [-0.15, -0.1) is 11.3 Å². The summed E-state index contributed by atoms with van der Waals surface area (Å²) in [6, 6.07) is 5.46. The van der Waals surface area contributed by atoms with Gasteiger partial charge in [0.2, 0.25) is 0 Å². The Morgan fingerprint density at radius 3 is 2.79 bits per heavy atom. The van der Waals surface area contributed by atoms with Crippen LogP contribution in [0, 0.1) is 5.82 Å². The van der Waals surface area contributed by atoms with Gasteiger partial charge >= 0.3 is 12.0 Å². The number of carbonyl (C=O) groups excluding carboxylic acids is 1. The smallest absolute Gasteiger partial charge is 0.321 e. The fourth-order valence-corrected chi connectivity index (χ4v) is 3.89. The van der Waals surface area contributed by atoms with Crippen molar-refractivity contribution in [1.29, 1.82) is 0 Å². The fraction of sp³-hybridized carbons (Fsp3) is 0.176. The summed E-state index contributed by atoms with van der Waals surface area (Å²) in [6.45, 7) is 0.133. The Morgan fingerprint density at radius 2 is 2.14 bits per heavy atom. The molecule has 0 bridgehead atoms. The lowest BCUT2D eigenvalue weighted by atomic mass is 10.2. The van der Waals surface area contributed by atoms with Crippen LogP contribution in [0.1, 0.15) is 22.1 Å². The molecular weight excluding hydrogens is 421 g/mol. The monoisotopic (exact) mass is 437 g/mol. The van der Waals surface area contributed by atoms with Gasteiger partial charge in [0.15, 0.2) is 16.2 Å². The molecule has 0 saturated carbocycles. The highest BCUT2D eigenvalue weighted by Crippen LogP contribution is 2.29. The zero-order chi connectivity index (χ0) is 20.8. The number of halogens is 1. The predicted molar refractivity (Wildman–Crippen MR) is 106 cm³/mol. The maximum atomic E-state index is 13.2. The molecule has 0 spiro atoms. The minimum Gasteiger partial charge on any atom is -0.467 e. The normalized spacial score (nSPS) is 12.8. The van der Waals surface area contributed by atoms with E-state index in [-0.39, 0.29) is 29.2 Å². The van der Waals surface area contributed by atoms with Gasteiger partial charge in [-0.3, -0.25) is 5.32 Å². The lowest BCUT2D eigenvalue weighted by Gasteiger charge is -2.10. The quantitative estimate of drug-likeness (QED) is 0.485. The second-order valence-corrected chi connectivity index (χ2v) is 7.56. The Kier molecular flexibility index (Phi) is 6.80. The molecule has 29 heavy (non-hydrogen) atoms. The summed E-state index contributed by atoms with van der Waals surface area (Å²) in [7, 11) is 1.41. The number of ether oxygens (including phenoxy) is 1. The van der Waals surface area contributed by atoms with Crippen molar-refractivity contribution >= 4 is 33.6 Å². The Morgan fingerprint density at radius 1 is 1.38 bits per heavy atom. The van der Waals surface area contributed by atoms with E-state index in [1.807, 2.05) is 0 Å². The topological polar surface area (TPSA) is 126 Å². The molecule has 2 atom stereocenters. The number of anilines is 1. The number of methoxy groups -OCH3 is 1. The van der Waals surface area contributed by atoms with Crippen molar-refractivity contribution < 1.29 is 22.7 Å². The number of hydrogen-bond acceptors (Lipinski definition) is 7. The van der Waals surface area contributed by atoms with Crippen molar-refractivity contribution in [2.75, 3.05) is 12.4 Å². The number of carbonyl (C=O) groups is 1. The summed E-state index contributed by atoms with van der Waals surface area (Å²) < 4.78 is 39.6. The van der Waals surface area contributed by atoms with Crippen molar-refractivity contribution in [3.05, 3.63) is 64.7 Å². The lowest BCUT2D eigenvalue weighted by molar-refractivity contribution is 0.251. The van der Waals surface area contributed by atoms with Crippen LogP contribution >= 0.6 is 11.3 Å². The van der Waals surface area contributed by atoms with Gasteiger partial charge in [-0.25, -0.2) is 28.3 Å². The molecule has 3 rings (SSSR count). The Hall–Kier alpha value is -2.96. The van der Waals surface area contributed by atoms with Crippen molar-refractivity contribution in [2.45, 2.75) is 11.8 Å². The highest BCUT2D eigenvalue weighted by atomic mass is 32.2. The van der Waals surface area contributed by atoms with Crippen molar-refractivity contribution in [3.63, 3.8) is 0 Å². The molecule has 0 aliphatic carbocycles. The minimum atomic E-state index is -2.28. The van der Waals surface area contributed by atoms with E-state index in [9.17, 15) is 17.9 Å². The number of nitrogens with one attached hydrogen (secondary N) is 2. The average molecular weight is 437 g/mol. The summed E-state index contributed by atoms with van der Waals surface area (Å²) in [5, 5.41) is 5.94. The standard InChI is InChI=1S/C17H16FN5O4S2/c1-27-16-20-7-11(8-21-16)14(29(25)26)13-9-28-17(22-13)23-15(24)19-6-10-3-2-4-12(18)5-10/h2-5,7-9,14H,6H2,1H3,(H,25,26)(H2,19,22,23,24). The molecule has 0 fully saturated rings. The SMILES string of the molecule is COc1ncc(C(c2csc(NC(=O)NCc3cccc(F)c3)n2)S(=O)O)cn1. The van der Waals surface area contributed by atoms with Crippen LogP contribution in [0.25, 0.3) is 0 Å². The summed E-state index contributed by atoms with van der Waals surface area (Å²) in [6.07, 6.45) is 2.76. The second kappa shape index (κ2) is 9.49. The van der Waals surface area contributed by atoms with Crippen LogP contribution in [0.15, 0.2) is 42.0 Å². The fourth-order valence-electron chi connectivity index (χ4n) is 2.39. The van der Waals surface area contributed by atoms with Gasteiger partial charge in [0.25, 0.3) is 0 Å². The molecule has 152 valence electrons. The molecule has 12 heteroatoms. The predicted octanol–water partition coefficient (Wildman–Crippen LogP) is 2.71. The molecule has 3 N–H and O–H groups in total. The first-order valence-electron chi connectivity index (χ1n) is 8.16. The number of benzene rings is 1. The number of amides is 2. The number of thiazole rings is 1. The molecule has 0 saturated heterocycles. The first kappa shape index (κ1) is 20.8. The number of rotatable bonds is 7. The van der Waals surface area contributed by atoms with Crippen LogP contribution in [-0.2, 0) is 17.6 Å². The molecule has 0 aliphatic heterocycles. The van der Waals surface area contributed by atoms with E-state index in [0.29, 0.717) is 11.1 Å². The summed E-state index contributed by atoms with van der Waals surface area (Å²) >= 11 is -1.19. The van der Waals surface area contributed by atoms with Crippen LogP contribution in [0.4, 0.5) is 14.3 Å². The van der Waals surface area contributed by atoms with Gasteiger partial charge in [0.1, 0.15) is 11.1 Å². The molecule has 1 aromatic carbocycles. The van der Waals surface area contributed by atoms with Gasteiger partial charge in [-0.1, -0.05) is 12.1 Å². The highest BCUT2D eigenvalue weighted by Gasteiger charge is 2.24. The maximum Gasteiger partial charge on any atom is 0.321 e. The van der Waals surface area contributed by atoms with Crippen LogP contribution < -0.4 is 15.4 Å². The molecule has 2 aromatic heterocycles.